The summed E-state index contributed by atoms with van der Waals surface area (Å²) >= 11 is 0. The van der Waals surface area contributed by atoms with Crippen LogP contribution in [0, 0.1) is 11.8 Å². The number of oxime groups is 1. The van der Waals surface area contributed by atoms with Crippen molar-refractivity contribution in [1.29, 1.82) is 0 Å². The lowest BCUT2D eigenvalue weighted by molar-refractivity contribution is -0.123. The summed E-state index contributed by atoms with van der Waals surface area (Å²) in [4.78, 5) is 11.6. The summed E-state index contributed by atoms with van der Waals surface area (Å²) in [5, 5.41) is 14.1. The number of ether oxygens (including phenoxy) is 1. The second-order valence-electron chi connectivity index (χ2n) is 4.05. The highest BCUT2D eigenvalue weighted by Gasteiger charge is 2.19. The zero-order chi connectivity index (χ0) is 12.0. The predicted molar refractivity (Wildman–Crippen MR) is 59.1 cm³/mol. The van der Waals surface area contributed by atoms with Gasteiger partial charge in [0.25, 0.3) is 0 Å². The van der Waals surface area contributed by atoms with E-state index in [-0.39, 0.29) is 11.7 Å². The molecule has 1 amide bonds. The first-order valence-electron chi connectivity index (χ1n) is 5.48. The molecule has 1 unspecified atom stereocenters. The Morgan fingerprint density at radius 1 is 1.62 bits per heavy atom. The second kappa shape index (κ2) is 6.32. The van der Waals surface area contributed by atoms with E-state index in [0.717, 1.165) is 26.1 Å². The van der Waals surface area contributed by atoms with Crippen LogP contribution in [0.2, 0.25) is 0 Å². The molecule has 6 nitrogen and oxygen atoms in total. The van der Waals surface area contributed by atoms with E-state index in [0.29, 0.717) is 12.5 Å². The molecule has 1 rings (SSSR count). The fraction of sp³-hybridized carbons (Fsp3) is 0.800. The molecule has 0 aromatic heterocycles. The van der Waals surface area contributed by atoms with Crippen LogP contribution in [0.4, 0.5) is 0 Å². The van der Waals surface area contributed by atoms with Crippen LogP contribution in [0.3, 0.4) is 0 Å². The van der Waals surface area contributed by atoms with E-state index < -0.39 is 5.92 Å². The molecule has 0 aliphatic carbocycles. The Morgan fingerprint density at radius 3 is 2.81 bits per heavy atom. The lowest BCUT2D eigenvalue weighted by atomic mass is 10.00. The smallest absolute Gasteiger partial charge is 0.230 e. The second-order valence-corrected chi connectivity index (χ2v) is 4.05. The monoisotopic (exact) mass is 229 g/mol. The van der Waals surface area contributed by atoms with Gasteiger partial charge in [-0.25, -0.2) is 0 Å². The summed E-state index contributed by atoms with van der Waals surface area (Å²) in [6.45, 7) is 3.76. The van der Waals surface area contributed by atoms with E-state index in [2.05, 4.69) is 10.5 Å². The van der Waals surface area contributed by atoms with Gasteiger partial charge in [0.1, 0.15) is 0 Å². The molecule has 16 heavy (non-hydrogen) atoms. The predicted octanol–water partition coefficient (Wildman–Crippen LogP) is -0.0883. The van der Waals surface area contributed by atoms with E-state index in [1.165, 1.54) is 0 Å². The number of nitrogens with two attached hydrogens (primary N) is 1. The van der Waals surface area contributed by atoms with Crippen molar-refractivity contribution in [2.75, 3.05) is 19.8 Å². The summed E-state index contributed by atoms with van der Waals surface area (Å²) in [5.74, 6) is -0.395. The third kappa shape index (κ3) is 3.69. The van der Waals surface area contributed by atoms with E-state index in [4.69, 9.17) is 15.7 Å². The van der Waals surface area contributed by atoms with Gasteiger partial charge in [-0.2, -0.15) is 0 Å². The molecule has 0 saturated carbocycles. The highest BCUT2D eigenvalue weighted by atomic mass is 16.5. The Hall–Kier alpha value is -1.30. The molecule has 1 aliphatic rings. The minimum Gasteiger partial charge on any atom is -0.409 e. The molecule has 0 aromatic rings. The number of carbonyl (C=O) groups is 1. The summed E-state index contributed by atoms with van der Waals surface area (Å²) in [6.07, 6.45) is 1.94. The Kier molecular flexibility index (Phi) is 5.04. The largest absolute Gasteiger partial charge is 0.409 e. The maximum absolute atomic E-state index is 11.6. The van der Waals surface area contributed by atoms with Gasteiger partial charge in [0, 0.05) is 19.8 Å². The van der Waals surface area contributed by atoms with Gasteiger partial charge in [0.2, 0.25) is 5.91 Å². The molecule has 0 aromatic carbocycles. The van der Waals surface area contributed by atoms with Crippen LogP contribution in [0.1, 0.15) is 19.8 Å². The van der Waals surface area contributed by atoms with Crippen molar-refractivity contribution >= 4 is 11.7 Å². The molecule has 0 spiro atoms. The Labute approximate surface area is 94.8 Å². The van der Waals surface area contributed by atoms with Gasteiger partial charge in [-0.15, -0.1) is 0 Å². The van der Waals surface area contributed by atoms with Crippen molar-refractivity contribution in [2.24, 2.45) is 22.7 Å². The highest BCUT2D eigenvalue weighted by molar-refractivity contribution is 6.01. The van der Waals surface area contributed by atoms with Crippen molar-refractivity contribution in [2.45, 2.75) is 19.8 Å². The SMILES string of the molecule is CC(C(=O)NCC1CCOCC1)C(N)=NO. The Bertz CT molecular complexity index is 262. The van der Waals surface area contributed by atoms with E-state index in [1.807, 2.05) is 0 Å². The first kappa shape index (κ1) is 12.8. The molecule has 1 aliphatic heterocycles. The number of hydrogen-bond donors (Lipinski definition) is 3. The molecular formula is C10H19N3O3. The first-order valence-corrected chi connectivity index (χ1v) is 5.48. The number of nitrogens with zero attached hydrogens (tertiary/aromatic N) is 1. The van der Waals surface area contributed by atoms with Crippen molar-refractivity contribution in [1.82, 2.24) is 5.32 Å². The van der Waals surface area contributed by atoms with Crippen LogP contribution in [0.5, 0.6) is 0 Å². The molecule has 1 fully saturated rings. The Morgan fingerprint density at radius 2 is 2.25 bits per heavy atom. The summed E-state index contributed by atoms with van der Waals surface area (Å²) in [7, 11) is 0. The van der Waals surface area contributed by atoms with Crippen LogP contribution in [-0.4, -0.2) is 36.7 Å². The van der Waals surface area contributed by atoms with Gasteiger partial charge in [-0.1, -0.05) is 5.16 Å². The highest BCUT2D eigenvalue weighted by Crippen LogP contribution is 2.13. The third-order valence-corrected chi connectivity index (χ3v) is 2.86. The van der Waals surface area contributed by atoms with E-state index in [1.54, 1.807) is 6.92 Å². The minimum absolute atomic E-state index is 0.0653. The van der Waals surface area contributed by atoms with Crippen LogP contribution < -0.4 is 11.1 Å². The number of nitrogens with one attached hydrogen (secondary N) is 1. The van der Waals surface area contributed by atoms with Crippen molar-refractivity contribution in [3.8, 4) is 0 Å². The zero-order valence-electron chi connectivity index (χ0n) is 9.48. The lowest BCUT2D eigenvalue weighted by Crippen LogP contribution is -2.40. The minimum atomic E-state index is -0.593. The number of hydrogen-bond acceptors (Lipinski definition) is 4. The number of rotatable bonds is 4. The molecule has 1 saturated heterocycles. The molecule has 0 radical (unpaired) electrons. The zero-order valence-corrected chi connectivity index (χ0v) is 9.48. The van der Waals surface area contributed by atoms with Crippen molar-refractivity contribution < 1.29 is 14.7 Å². The van der Waals surface area contributed by atoms with Gasteiger partial charge >= 0.3 is 0 Å². The quantitative estimate of drug-likeness (QED) is 0.272. The summed E-state index contributed by atoms with van der Waals surface area (Å²) in [5.41, 5.74) is 5.35. The number of amidine groups is 1. The summed E-state index contributed by atoms with van der Waals surface area (Å²) < 4.78 is 5.22. The van der Waals surface area contributed by atoms with Crippen molar-refractivity contribution in [3.63, 3.8) is 0 Å². The van der Waals surface area contributed by atoms with Crippen LogP contribution >= 0.6 is 0 Å². The normalized spacial score (nSPS) is 20.4. The maximum Gasteiger partial charge on any atom is 0.230 e. The number of amides is 1. The van der Waals surface area contributed by atoms with Crippen LogP contribution in [-0.2, 0) is 9.53 Å². The van der Waals surface area contributed by atoms with Gasteiger partial charge in [0.05, 0.1) is 5.92 Å². The summed E-state index contributed by atoms with van der Waals surface area (Å²) in [6, 6.07) is 0. The first-order chi connectivity index (χ1) is 7.65. The molecular weight excluding hydrogens is 210 g/mol. The van der Waals surface area contributed by atoms with Crippen molar-refractivity contribution in [3.05, 3.63) is 0 Å². The Balaban J connectivity index is 2.28. The topological polar surface area (TPSA) is 96.9 Å². The van der Waals surface area contributed by atoms with Crippen LogP contribution in [0.15, 0.2) is 5.16 Å². The van der Waals surface area contributed by atoms with Gasteiger partial charge in [-0.3, -0.25) is 4.79 Å². The fourth-order valence-corrected chi connectivity index (χ4v) is 1.57. The van der Waals surface area contributed by atoms with Gasteiger partial charge in [-0.05, 0) is 25.7 Å². The van der Waals surface area contributed by atoms with Crippen LogP contribution in [0.25, 0.3) is 0 Å². The molecule has 92 valence electrons. The average Bonchev–Trinajstić information content (AvgIpc) is 2.35. The molecule has 0 bridgehead atoms. The number of carbonyl (C=O) groups excluding carboxylic acids is 1. The molecule has 1 heterocycles. The van der Waals surface area contributed by atoms with Gasteiger partial charge in [0.15, 0.2) is 5.84 Å². The standard InChI is InChI=1S/C10H19N3O3/c1-7(9(11)13-15)10(14)12-6-8-2-4-16-5-3-8/h7-8,15H,2-6H2,1H3,(H2,11,13)(H,12,14). The fourth-order valence-electron chi connectivity index (χ4n) is 1.57. The third-order valence-electron chi connectivity index (χ3n) is 2.86. The molecule has 4 N–H and O–H groups in total. The van der Waals surface area contributed by atoms with Gasteiger partial charge < -0.3 is 21.0 Å². The molecule has 6 heteroatoms. The lowest BCUT2D eigenvalue weighted by Gasteiger charge is -2.22. The van der Waals surface area contributed by atoms with E-state index in [9.17, 15) is 4.79 Å². The average molecular weight is 229 g/mol. The maximum atomic E-state index is 11.6. The van der Waals surface area contributed by atoms with E-state index >= 15 is 0 Å². The molecule has 1 atom stereocenters.